The molecule has 6 nitrogen and oxygen atoms in total. The standard InChI is InChI=1S/C26H33N5O/c1-20-4-2-5-21(18-20)8-9-25(32)30-12-10-22-19-27-26(28-24(22)11-13-30)31-16-14-29(15-17-31)23-6-3-7-23/h2,4-5,8-9,18-19,23H,3,6-7,10-17H2,1H3. The first-order valence-corrected chi connectivity index (χ1v) is 12.0. The van der Waals surface area contributed by atoms with E-state index < -0.39 is 0 Å². The van der Waals surface area contributed by atoms with E-state index in [1.807, 2.05) is 29.3 Å². The summed E-state index contributed by atoms with van der Waals surface area (Å²) in [5.74, 6) is 0.927. The van der Waals surface area contributed by atoms with E-state index in [-0.39, 0.29) is 5.91 Å². The van der Waals surface area contributed by atoms with E-state index in [0.717, 1.165) is 62.3 Å². The summed E-state index contributed by atoms with van der Waals surface area (Å²) in [5, 5.41) is 0. The van der Waals surface area contributed by atoms with Gasteiger partial charge in [-0.1, -0.05) is 36.2 Å². The number of hydrogen-bond acceptors (Lipinski definition) is 5. The fraction of sp³-hybridized carbons (Fsp3) is 0.500. The Morgan fingerprint density at radius 2 is 1.88 bits per heavy atom. The van der Waals surface area contributed by atoms with Crippen LogP contribution in [0, 0.1) is 6.92 Å². The maximum atomic E-state index is 12.8. The van der Waals surface area contributed by atoms with E-state index in [1.54, 1.807) is 6.08 Å². The first kappa shape index (κ1) is 21.1. The summed E-state index contributed by atoms with van der Waals surface area (Å²) in [6, 6.07) is 9.01. The molecule has 0 unspecified atom stereocenters. The molecule has 1 saturated carbocycles. The van der Waals surface area contributed by atoms with E-state index in [4.69, 9.17) is 9.97 Å². The van der Waals surface area contributed by atoms with Crippen molar-refractivity contribution in [3.05, 3.63) is 58.9 Å². The predicted octanol–water partition coefficient (Wildman–Crippen LogP) is 3.10. The predicted molar refractivity (Wildman–Crippen MR) is 128 cm³/mol. The Morgan fingerprint density at radius 1 is 1.06 bits per heavy atom. The average Bonchev–Trinajstić information content (AvgIpc) is 2.99. The minimum absolute atomic E-state index is 0.0691. The van der Waals surface area contributed by atoms with Crippen molar-refractivity contribution in [2.24, 2.45) is 0 Å². The van der Waals surface area contributed by atoms with Gasteiger partial charge >= 0.3 is 0 Å². The molecule has 3 aliphatic rings. The van der Waals surface area contributed by atoms with Crippen LogP contribution in [0.15, 0.2) is 36.5 Å². The maximum Gasteiger partial charge on any atom is 0.246 e. The first-order valence-electron chi connectivity index (χ1n) is 12.0. The molecule has 32 heavy (non-hydrogen) atoms. The number of aromatic nitrogens is 2. The van der Waals surface area contributed by atoms with E-state index in [0.29, 0.717) is 13.1 Å². The van der Waals surface area contributed by atoms with Crippen molar-refractivity contribution in [2.45, 2.75) is 45.1 Å². The quantitative estimate of drug-likeness (QED) is 0.697. The third kappa shape index (κ3) is 4.70. The molecule has 2 fully saturated rings. The molecule has 2 aliphatic heterocycles. The Balaban J connectivity index is 1.19. The molecule has 0 atom stereocenters. The van der Waals surface area contributed by atoms with Crippen molar-refractivity contribution in [3.63, 3.8) is 0 Å². The second-order valence-electron chi connectivity index (χ2n) is 9.32. The minimum Gasteiger partial charge on any atom is -0.338 e. The van der Waals surface area contributed by atoms with Crippen molar-refractivity contribution >= 4 is 17.9 Å². The number of carbonyl (C=O) groups is 1. The van der Waals surface area contributed by atoms with Crippen LogP contribution in [0.4, 0.5) is 5.95 Å². The normalized spacial score (nSPS) is 20.2. The van der Waals surface area contributed by atoms with Crippen molar-refractivity contribution < 1.29 is 4.79 Å². The highest BCUT2D eigenvalue weighted by Gasteiger charge is 2.29. The van der Waals surface area contributed by atoms with Crippen LogP contribution in [0.3, 0.4) is 0 Å². The summed E-state index contributed by atoms with van der Waals surface area (Å²) in [6.07, 6.45) is 11.3. The lowest BCUT2D eigenvalue weighted by atomic mass is 9.91. The first-order chi connectivity index (χ1) is 15.7. The minimum atomic E-state index is 0.0691. The Kier molecular flexibility index (Phi) is 6.21. The number of fused-ring (bicyclic) bond motifs is 1. The van der Waals surface area contributed by atoms with E-state index in [2.05, 4.69) is 28.9 Å². The molecule has 3 heterocycles. The SMILES string of the molecule is Cc1cccc(C=CC(=O)N2CCc3cnc(N4CCN(C5CCC5)CC4)nc3CC2)c1. The van der Waals surface area contributed by atoms with Gasteiger partial charge in [0.15, 0.2) is 0 Å². The van der Waals surface area contributed by atoms with Gasteiger partial charge < -0.3 is 9.80 Å². The zero-order valence-electron chi connectivity index (χ0n) is 19.0. The number of amides is 1. The van der Waals surface area contributed by atoms with Gasteiger partial charge in [-0.2, -0.15) is 0 Å². The summed E-state index contributed by atoms with van der Waals surface area (Å²) in [7, 11) is 0. The summed E-state index contributed by atoms with van der Waals surface area (Å²) in [6.45, 7) is 7.71. The fourth-order valence-electron chi connectivity index (χ4n) is 4.92. The Bertz CT molecular complexity index is 991. The van der Waals surface area contributed by atoms with Gasteiger partial charge in [-0.3, -0.25) is 9.69 Å². The summed E-state index contributed by atoms with van der Waals surface area (Å²) in [4.78, 5) is 29.3. The fourth-order valence-corrected chi connectivity index (χ4v) is 4.92. The second-order valence-corrected chi connectivity index (χ2v) is 9.32. The van der Waals surface area contributed by atoms with E-state index >= 15 is 0 Å². The molecule has 1 aromatic carbocycles. The van der Waals surface area contributed by atoms with Crippen LogP contribution in [0.25, 0.3) is 6.08 Å². The molecular weight excluding hydrogens is 398 g/mol. The molecule has 1 aliphatic carbocycles. The van der Waals surface area contributed by atoms with Crippen molar-refractivity contribution in [3.8, 4) is 0 Å². The van der Waals surface area contributed by atoms with Gasteiger partial charge in [-0.25, -0.2) is 9.97 Å². The Labute approximate surface area is 191 Å². The van der Waals surface area contributed by atoms with Gasteiger partial charge in [-0.05, 0) is 43.4 Å². The second kappa shape index (κ2) is 9.41. The van der Waals surface area contributed by atoms with Gasteiger partial charge in [0, 0.05) is 64.0 Å². The van der Waals surface area contributed by atoms with Gasteiger partial charge in [0.05, 0.1) is 5.69 Å². The van der Waals surface area contributed by atoms with Gasteiger partial charge in [0.2, 0.25) is 11.9 Å². The van der Waals surface area contributed by atoms with Crippen molar-refractivity contribution in [1.29, 1.82) is 0 Å². The van der Waals surface area contributed by atoms with Crippen LogP contribution in [0.2, 0.25) is 0 Å². The highest BCUT2D eigenvalue weighted by atomic mass is 16.2. The van der Waals surface area contributed by atoms with Crippen LogP contribution in [-0.4, -0.2) is 71.0 Å². The third-order valence-electron chi connectivity index (χ3n) is 7.17. The molecule has 0 radical (unpaired) electrons. The summed E-state index contributed by atoms with van der Waals surface area (Å²) < 4.78 is 0. The number of piperazine rings is 1. The molecule has 168 valence electrons. The molecular formula is C26H33N5O. The van der Waals surface area contributed by atoms with Crippen molar-refractivity contribution in [2.75, 3.05) is 44.2 Å². The maximum absolute atomic E-state index is 12.8. The van der Waals surface area contributed by atoms with Gasteiger partial charge in [0.25, 0.3) is 0 Å². The van der Waals surface area contributed by atoms with E-state index in [1.165, 1.54) is 30.4 Å². The Morgan fingerprint density at radius 3 is 2.62 bits per heavy atom. The molecule has 1 saturated heterocycles. The van der Waals surface area contributed by atoms with Crippen molar-refractivity contribution in [1.82, 2.24) is 19.8 Å². The third-order valence-corrected chi connectivity index (χ3v) is 7.17. The number of carbonyl (C=O) groups excluding carboxylic acids is 1. The number of aryl methyl sites for hydroxylation is 1. The average molecular weight is 432 g/mol. The lowest BCUT2D eigenvalue weighted by molar-refractivity contribution is -0.125. The number of rotatable bonds is 4. The number of benzene rings is 1. The number of anilines is 1. The van der Waals surface area contributed by atoms with Crippen LogP contribution >= 0.6 is 0 Å². The summed E-state index contributed by atoms with van der Waals surface area (Å²) in [5.41, 5.74) is 4.54. The highest BCUT2D eigenvalue weighted by Crippen LogP contribution is 2.26. The van der Waals surface area contributed by atoms with Crippen LogP contribution in [-0.2, 0) is 17.6 Å². The van der Waals surface area contributed by atoms with Crippen LogP contribution < -0.4 is 4.90 Å². The molecule has 0 N–H and O–H groups in total. The zero-order valence-corrected chi connectivity index (χ0v) is 19.0. The van der Waals surface area contributed by atoms with Gasteiger partial charge in [-0.15, -0.1) is 0 Å². The highest BCUT2D eigenvalue weighted by molar-refractivity contribution is 5.91. The zero-order chi connectivity index (χ0) is 21.9. The molecule has 1 aromatic heterocycles. The lowest BCUT2D eigenvalue weighted by Gasteiger charge is -2.43. The Hall–Kier alpha value is -2.73. The molecule has 0 spiro atoms. The smallest absolute Gasteiger partial charge is 0.246 e. The van der Waals surface area contributed by atoms with Gasteiger partial charge in [0.1, 0.15) is 0 Å². The number of nitrogens with zero attached hydrogens (tertiary/aromatic N) is 5. The molecule has 1 amide bonds. The number of hydrogen-bond donors (Lipinski definition) is 0. The molecule has 5 rings (SSSR count). The van der Waals surface area contributed by atoms with Crippen LogP contribution in [0.1, 0.15) is 41.6 Å². The molecule has 0 bridgehead atoms. The monoisotopic (exact) mass is 431 g/mol. The topological polar surface area (TPSA) is 52.6 Å². The molecule has 6 heteroatoms. The summed E-state index contributed by atoms with van der Waals surface area (Å²) >= 11 is 0. The van der Waals surface area contributed by atoms with E-state index in [9.17, 15) is 4.79 Å². The lowest BCUT2D eigenvalue weighted by Crippen LogP contribution is -2.52. The largest absolute Gasteiger partial charge is 0.338 e. The molecule has 2 aromatic rings. The van der Waals surface area contributed by atoms with Crippen LogP contribution in [0.5, 0.6) is 0 Å².